The van der Waals surface area contributed by atoms with E-state index in [0.717, 1.165) is 39.0 Å². The Labute approximate surface area is 133 Å². The Kier molecular flexibility index (Phi) is 3.05. The summed E-state index contributed by atoms with van der Waals surface area (Å²) in [6.45, 7) is 10.8. The van der Waals surface area contributed by atoms with Crippen LogP contribution in [0.1, 0.15) is 44.0 Å². The van der Waals surface area contributed by atoms with Crippen LogP contribution in [0.25, 0.3) is 0 Å². The van der Waals surface area contributed by atoms with Gasteiger partial charge in [0.15, 0.2) is 5.78 Å². The van der Waals surface area contributed by atoms with Gasteiger partial charge in [0, 0.05) is 0 Å². The van der Waals surface area contributed by atoms with Crippen LogP contribution < -0.4 is 9.80 Å². The summed E-state index contributed by atoms with van der Waals surface area (Å²) in [5, 5.41) is 0. The summed E-state index contributed by atoms with van der Waals surface area (Å²) in [7, 11) is 0. The zero-order valence-electron chi connectivity index (χ0n) is 14.0. The SMILES string of the molecule is CCCC12C[NH+]3CC(C)(C[NH+](C1)C3c1ccccc1C)C2=O. The molecule has 0 amide bonds. The number of hydrogen-bond donors (Lipinski definition) is 2. The van der Waals surface area contributed by atoms with Crippen molar-refractivity contribution in [3.05, 3.63) is 35.4 Å². The summed E-state index contributed by atoms with van der Waals surface area (Å²) in [6.07, 6.45) is 2.74. The Morgan fingerprint density at radius 1 is 1.14 bits per heavy atom. The van der Waals surface area contributed by atoms with Gasteiger partial charge in [0.2, 0.25) is 6.17 Å². The third-order valence-electron chi connectivity index (χ3n) is 6.44. The van der Waals surface area contributed by atoms with Crippen LogP contribution in [-0.2, 0) is 4.79 Å². The number of Topliss-reactive ketones (excluding diaryl/α,β-unsaturated/α-hetero) is 1. The molecule has 4 fully saturated rings. The maximum Gasteiger partial charge on any atom is 0.240 e. The zero-order chi connectivity index (χ0) is 15.5. The molecule has 2 N–H and O–H groups in total. The van der Waals surface area contributed by atoms with Crippen molar-refractivity contribution in [1.29, 1.82) is 0 Å². The van der Waals surface area contributed by atoms with E-state index in [1.54, 1.807) is 9.80 Å². The van der Waals surface area contributed by atoms with Gasteiger partial charge in [-0.2, -0.15) is 0 Å². The topological polar surface area (TPSA) is 26.0 Å². The Bertz CT molecular complexity index is 608. The number of piperidine rings is 2. The first-order chi connectivity index (χ1) is 10.5. The van der Waals surface area contributed by atoms with E-state index in [0.29, 0.717) is 11.9 Å². The van der Waals surface area contributed by atoms with Gasteiger partial charge in [0.05, 0.1) is 18.7 Å². The molecule has 0 aromatic heterocycles. The lowest BCUT2D eigenvalue weighted by atomic mass is 9.59. The molecule has 2 unspecified atom stereocenters. The van der Waals surface area contributed by atoms with Crippen LogP contribution in [0.5, 0.6) is 0 Å². The Balaban J connectivity index is 1.75. The van der Waals surface area contributed by atoms with Crippen molar-refractivity contribution in [2.24, 2.45) is 10.8 Å². The van der Waals surface area contributed by atoms with Gasteiger partial charge in [-0.05, 0) is 31.9 Å². The second-order valence-electron chi connectivity index (χ2n) is 8.23. The number of ketones is 1. The summed E-state index contributed by atoms with van der Waals surface area (Å²) >= 11 is 0. The van der Waals surface area contributed by atoms with E-state index in [1.807, 2.05) is 0 Å². The number of quaternary nitrogens is 2. The molecule has 4 aliphatic heterocycles. The van der Waals surface area contributed by atoms with Gasteiger partial charge in [-0.3, -0.25) is 14.6 Å². The Morgan fingerprint density at radius 2 is 1.77 bits per heavy atom. The first-order valence-electron chi connectivity index (χ1n) is 8.79. The molecule has 4 bridgehead atoms. The highest BCUT2D eigenvalue weighted by Crippen LogP contribution is 2.39. The number of nitrogens with one attached hydrogen (secondary N) is 2. The molecule has 0 spiro atoms. The number of aryl methyl sites for hydroxylation is 1. The maximum atomic E-state index is 13.1. The van der Waals surface area contributed by atoms with E-state index >= 15 is 0 Å². The van der Waals surface area contributed by atoms with Crippen molar-refractivity contribution in [2.45, 2.75) is 39.8 Å². The van der Waals surface area contributed by atoms with Crippen LogP contribution in [0.2, 0.25) is 0 Å². The van der Waals surface area contributed by atoms with Gasteiger partial charge in [-0.25, -0.2) is 0 Å². The van der Waals surface area contributed by atoms with E-state index in [2.05, 4.69) is 45.0 Å². The summed E-state index contributed by atoms with van der Waals surface area (Å²) in [5.41, 5.74) is 2.77. The van der Waals surface area contributed by atoms with Crippen molar-refractivity contribution in [1.82, 2.24) is 0 Å². The van der Waals surface area contributed by atoms with Gasteiger partial charge in [-0.15, -0.1) is 0 Å². The van der Waals surface area contributed by atoms with Crippen LogP contribution in [0.3, 0.4) is 0 Å². The predicted molar refractivity (Wildman–Crippen MR) is 85.8 cm³/mol. The third-order valence-corrected chi connectivity index (χ3v) is 6.44. The van der Waals surface area contributed by atoms with E-state index in [-0.39, 0.29) is 10.8 Å². The molecule has 0 aliphatic carbocycles. The first kappa shape index (κ1) is 14.4. The molecule has 5 rings (SSSR count). The second kappa shape index (κ2) is 4.65. The number of hydrogen-bond acceptors (Lipinski definition) is 1. The molecule has 22 heavy (non-hydrogen) atoms. The monoisotopic (exact) mass is 300 g/mol. The lowest BCUT2D eigenvalue weighted by molar-refractivity contribution is -1.18. The summed E-state index contributed by atoms with van der Waals surface area (Å²) in [5.74, 6) is 0.581. The van der Waals surface area contributed by atoms with Crippen LogP contribution in [0.15, 0.2) is 24.3 Å². The standard InChI is InChI=1S/C19H26N2O/c1-4-9-19-12-20-10-18(3,17(19)22)11-21(13-19)16(20)15-8-6-5-7-14(15)2/h5-8,16H,4,9-13H2,1-3H3/p+2. The maximum absolute atomic E-state index is 13.1. The number of rotatable bonds is 3. The molecular weight excluding hydrogens is 272 g/mol. The smallest absolute Gasteiger partial charge is 0.240 e. The molecule has 3 heteroatoms. The number of benzene rings is 1. The molecule has 0 saturated carbocycles. The Morgan fingerprint density at radius 3 is 2.36 bits per heavy atom. The largest absolute Gasteiger partial charge is 0.297 e. The fraction of sp³-hybridized carbons (Fsp3) is 0.632. The van der Waals surface area contributed by atoms with E-state index in [1.165, 1.54) is 11.1 Å². The molecule has 0 radical (unpaired) electrons. The molecular formula is C19H28N2O+2. The fourth-order valence-corrected chi connectivity index (χ4v) is 5.90. The quantitative estimate of drug-likeness (QED) is 0.817. The Hall–Kier alpha value is -1.19. The summed E-state index contributed by atoms with van der Waals surface area (Å²) in [6, 6.07) is 8.84. The number of carbonyl (C=O) groups excluding carboxylic acids is 1. The predicted octanol–water partition coefficient (Wildman–Crippen LogP) is 0.166. The molecule has 4 aliphatic rings. The number of carbonyl (C=O) groups is 1. The molecule has 1 aromatic rings. The third kappa shape index (κ3) is 1.79. The fourth-order valence-electron chi connectivity index (χ4n) is 5.90. The lowest BCUT2D eigenvalue weighted by Gasteiger charge is -2.60. The average molecular weight is 300 g/mol. The van der Waals surface area contributed by atoms with Crippen molar-refractivity contribution in [3.63, 3.8) is 0 Å². The highest BCUT2D eigenvalue weighted by atomic mass is 16.1. The molecule has 3 nitrogen and oxygen atoms in total. The molecule has 1 aromatic carbocycles. The van der Waals surface area contributed by atoms with Crippen molar-refractivity contribution >= 4 is 5.78 Å². The minimum absolute atomic E-state index is 0.0378. The van der Waals surface area contributed by atoms with Gasteiger partial charge in [0.25, 0.3) is 0 Å². The van der Waals surface area contributed by atoms with Crippen molar-refractivity contribution in [3.8, 4) is 0 Å². The van der Waals surface area contributed by atoms with E-state index in [9.17, 15) is 4.79 Å². The summed E-state index contributed by atoms with van der Waals surface area (Å²) in [4.78, 5) is 16.4. The minimum Gasteiger partial charge on any atom is -0.297 e. The zero-order valence-corrected chi connectivity index (χ0v) is 14.0. The molecule has 118 valence electrons. The van der Waals surface area contributed by atoms with Gasteiger partial charge in [-0.1, -0.05) is 31.5 Å². The molecule has 4 saturated heterocycles. The lowest BCUT2D eigenvalue weighted by Crippen LogP contribution is -3.41. The van der Waals surface area contributed by atoms with Crippen LogP contribution >= 0.6 is 0 Å². The highest BCUT2D eigenvalue weighted by Gasteiger charge is 2.69. The van der Waals surface area contributed by atoms with E-state index in [4.69, 9.17) is 0 Å². The average Bonchev–Trinajstić information content (AvgIpc) is 2.45. The van der Waals surface area contributed by atoms with Crippen LogP contribution in [0, 0.1) is 17.8 Å². The first-order valence-corrected chi connectivity index (χ1v) is 8.79. The highest BCUT2D eigenvalue weighted by molar-refractivity contribution is 5.91. The second-order valence-corrected chi connectivity index (χ2v) is 8.23. The van der Waals surface area contributed by atoms with Crippen LogP contribution in [0.4, 0.5) is 0 Å². The van der Waals surface area contributed by atoms with Gasteiger partial charge in [0.1, 0.15) is 23.9 Å². The van der Waals surface area contributed by atoms with Crippen molar-refractivity contribution < 1.29 is 14.6 Å². The minimum atomic E-state index is -0.0878. The molecule has 2 atom stereocenters. The summed E-state index contributed by atoms with van der Waals surface area (Å²) < 4.78 is 0. The molecule has 4 heterocycles. The van der Waals surface area contributed by atoms with Gasteiger partial charge < -0.3 is 0 Å². The van der Waals surface area contributed by atoms with Crippen molar-refractivity contribution in [2.75, 3.05) is 26.2 Å². The van der Waals surface area contributed by atoms with Crippen LogP contribution in [-0.4, -0.2) is 32.0 Å². The van der Waals surface area contributed by atoms with Gasteiger partial charge >= 0.3 is 0 Å². The normalized spacial score (nSPS) is 42.9. The van der Waals surface area contributed by atoms with E-state index < -0.39 is 0 Å².